The molecule has 2 aromatic carbocycles. The maximum Gasteiger partial charge on any atom is 0.419 e. The van der Waals surface area contributed by atoms with Gasteiger partial charge >= 0.3 is 6.18 Å². The molecule has 1 saturated heterocycles. The van der Waals surface area contributed by atoms with Crippen LogP contribution >= 0.6 is 0 Å². The normalized spacial score (nSPS) is 17.9. The predicted octanol–water partition coefficient (Wildman–Crippen LogP) is 3.89. The van der Waals surface area contributed by atoms with E-state index >= 15 is 0 Å². The quantitative estimate of drug-likeness (QED) is 0.687. The number of piperidine rings is 1. The Morgan fingerprint density at radius 2 is 1.84 bits per heavy atom. The van der Waals surface area contributed by atoms with Crippen molar-refractivity contribution in [2.45, 2.75) is 23.9 Å². The van der Waals surface area contributed by atoms with Crippen molar-refractivity contribution in [2.24, 2.45) is 5.92 Å². The zero-order chi connectivity index (χ0) is 22.8. The highest BCUT2D eigenvalue weighted by Gasteiger charge is 2.36. The Labute approximate surface area is 176 Å². The molecule has 1 heterocycles. The fourth-order valence-corrected chi connectivity index (χ4v) is 4.86. The Kier molecular flexibility index (Phi) is 6.56. The highest BCUT2D eigenvalue weighted by molar-refractivity contribution is 7.89. The number of benzene rings is 2. The van der Waals surface area contributed by atoms with Crippen LogP contribution in [-0.2, 0) is 21.0 Å². The van der Waals surface area contributed by atoms with E-state index in [9.17, 15) is 30.8 Å². The summed E-state index contributed by atoms with van der Waals surface area (Å²) in [6.07, 6.45) is -4.13. The Morgan fingerprint density at radius 3 is 2.45 bits per heavy atom. The molecule has 0 radical (unpaired) electrons. The lowest BCUT2D eigenvalue weighted by Crippen LogP contribution is -2.43. The Morgan fingerprint density at radius 1 is 1.16 bits per heavy atom. The summed E-state index contributed by atoms with van der Waals surface area (Å²) in [5, 5.41) is 2.33. The fourth-order valence-electron chi connectivity index (χ4n) is 3.34. The molecule has 168 valence electrons. The van der Waals surface area contributed by atoms with Gasteiger partial charge in [0, 0.05) is 18.8 Å². The number of hydrogen-bond acceptors (Lipinski definition) is 4. The van der Waals surface area contributed by atoms with Gasteiger partial charge in [-0.2, -0.15) is 17.5 Å². The van der Waals surface area contributed by atoms with Gasteiger partial charge in [0.1, 0.15) is 11.6 Å². The van der Waals surface area contributed by atoms with Crippen LogP contribution in [0.5, 0.6) is 5.75 Å². The first-order chi connectivity index (χ1) is 14.5. The molecule has 0 saturated carbocycles. The molecule has 11 heteroatoms. The highest BCUT2D eigenvalue weighted by Crippen LogP contribution is 2.33. The molecule has 1 aliphatic rings. The first-order valence-electron chi connectivity index (χ1n) is 9.34. The highest BCUT2D eigenvalue weighted by atomic mass is 32.2. The topological polar surface area (TPSA) is 75.7 Å². The third kappa shape index (κ3) is 5.16. The Bertz CT molecular complexity index is 1060. The Balaban J connectivity index is 1.73. The first kappa shape index (κ1) is 23.0. The summed E-state index contributed by atoms with van der Waals surface area (Å²) in [6.45, 7) is 0.0976. The molecular weight excluding hydrogens is 440 g/mol. The van der Waals surface area contributed by atoms with Crippen LogP contribution in [0.15, 0.2) is 47.4 Å². The number of nitrogens with zero attached hydrogens (tertiary/aromatic N) is 1. The van der Waals surface area contributed by atoms with E-state index in [1.165, 1.54) is 35.7 Å². The zero-order valence-electron chi connectivity index (χ0n) is 16.4. The SMILES string of the molecule is COc1ccc(S(=O)(=O)N2CCC[C@H](C(=O)Nc3ccc(F)c(C(F)(F)F)c3)C2)cc1. The van der Waals surface area contributed by atoms with E-state index in [1.54, 1.807) is 0 Å². The minimum atomic E-state index is -4.90. The van der Waals surface area contributed by atoms with Crippen molar-refractivity contribution < 1.29 is 35.5 Å². The monoisotopic (exact) mass is 460 g/mol. The molecule has 2 aromatic rings. The molecule has 0 aliphatic carbocycles. The number of methoxy groups -OCH3 is 1. The van der Waals surface area contributed by atoms with Crippen molar-refractivity contribution in [2.75, 3.05) is 25.5 Å². The minimum absolute atomic E-state index is 0.0442. The molecule has 0 unspecified atom stereocenters. The number of ether oxygens (including phenoxy) is 1. The number of carbonyl (C=O) groups excluding carboxylic acids is 1. The van der Waals surface area contributed by atoms with Crippen molar-refractivity contribution in [3.8, 4) is 5.75 Å². The number of hydrogen-bond donors (Lipinski definition) is 1. The summed E-state index contributed by atoms with van der Waals surface area (Å²) >= 11 is 0. The lowest BCUT2D eigenvalue weighted by molar-refractivity contribution is -0.140. The number of carbonyl (C=O) groups is 1. The molecule has 0 bridgehead atoms. The molecule has 1 atom stereocenters. The molecule has 1 N–H and O–H groups in total. The second-order valence-corrected chi connectivity index (χ2v) is 9.00. The van der Waals surface area contributed by atoms with Gasteiger partial charge in [0.15, 0.2) is 0 Å². The lowest BCUT2D eigenvalue weighted by Gasteiger charge is -2.31. The van der Waals surface area contributed by atoms with Gasteiger partial charge in [0.25, 0.3) is 0 Å². The molecule has 0 aromatic heterocycles. The van der Waals surface area contributed by atoms with E-state index < -0.39 is 39.4 Å². The summed E-state index contributed by atoms with van der Waals surface area (Å²) in [5.74, 6) is -2.34. The van der Waals surface area contributed by atoms with E-state index in [4.69, 9.17) is 4.74 Å². The van der Waals surface area contributed by atoms with Crippen molar-refractivity contribution in [3.63, 3.8) is 0 Å². The van der Waals surface area contributed by atoms with Crippen LogP contribution in [0.4, 0.5) is 23.2 Å². The first-order valence-corrected chi connectivity index (χ1v) is 10.8. The molecule has 1 amide bonds. The van der Waals surface area contributed by atoms with Crippen molar-refractivity contribution in [1.82, 2.24) is 4.31 Å². The van der Waals surface area contributed by atoms with Crippen LogP contribution in [0.1, 0.15) is 18.4 Å². The van der Waals surface area contributed by atoms with Gasteiger partial charge in [-0.15, -0.1) is 0 Å². The van der Waals surface area contributed by atoms with Crippen LogP contribution in [0.3, 0.4) is 0 Å². The molecule has 1 aliphatic heterocycles. The lowest BCUT2D eigenvalue weighted by atomic mass is 9.98. The minimum Gasteiger partial charge on any atom is -0.497 e. The van der Waals surface area contributed by atoms with E-state index in [1.807, 2.05) is 0 Å². The number of halogens is 4. The maximum absolute atomic E-state index is 13.4. The summed E-state index contributed by atoms with van der Waals surface area (Å²) in [6, 6.07) is 7.98. The number of anilines is 1. The average Bonchev–Trinajstić information content (AvgIpc) is 2.74. The summed E-state index contributed by atoms with van der Waals surface area (Å²) < 4.78 is 84.0. The zero-order valence-corrected chi connectivity index (χ0v) is 17.3. The summed E-state index contributed by atoms with van der Waals surface area (Å²) in [5.41, 5.74) is -1.70. The molecule has 0 spiro atoms. The van der Waals surface area contributed by atoms with Crippen LogP contribution in [0.25, 0.3) is 0 Å². The van der Waals surface area contributed by atoms with Gasteiger partial charge in [0.05, 0.1) is 23.5 Å². The third-order valence-electron chi connectivity index (χ3n) is 4.99. The van der Waals surface area contributed by atoms with Crippen molar-refractivity contribution in [1.29, 1.82) is 0 Å². The molecule has 31 heavy (non-hydrogen) atoms. The van der Waals surface area contributed by atoms with Crippen LogP contribution in [0, 0.1) is 11.7 Å². The number of sulfonamides is 1. The van der Waals surface area contributed by atoms with E-state index in [0.29, 0.717) is 30.7 Å². The van der Waals surface area contributed by atoms with Crippen molar-refractivity contribution >= 4 is 21.6 Å². The second-order valence-electron chi connectivity index (χ2n) is 7.06. The molecule has 3 rings (SSSR count). The van der Waals surface area contributed by atoms with Gasteiger partial charge in [-0.25, -0.2) is 12.8 Å². The predicted molar refractivity (Wildman–Crippen MR) is 105 cm³/mol. The van der Waals surface area contributed by atoms with E-state index in [2.05, 4.69) is 5.32 Å². The van der Waals surface area contributed by atoms with Crippen molar-refractivity contribution in [3.05, 3.63) is 53.8 Å². The van der Waals surface area contributed by atoms with Gasteiger partial charge in [-0.1, -0.05) is 0 Å². The largest absolute Gasteiger partial charge is 0.497 e. The van der Waals surface area contributed by atoms with Crippen LogP contribution in [0.2, 0.25) is 0 Å². The maximum atomic E-state index is 13.4. The smallest absolute Gasteiger partial charge is 0.419 e. The number of rotatable bonds is 5. The molecule has 6 nitrogen and oxygen atoms in total. The standard InChI is InChI=1S/C20H20F4N2O4S/c1-30-15-5-7-16(8-6-15)31(28,29)26-10-2-3-13(12-26)19(27)25-14-4-9-18(21)17(11-14)20(22,23)24/h4-9,11,13H,2-3,10,12H2,1H3,(H,25,27)/t13-/m0/s1. The van der Waals surface area contributed by atoms with Crippen LogP contribution < -0.4 is 10.1 Å². The van der Waals surface area contributed by atoms with Gasteiger partial charge in [-0.05, 0) is 55.3 Å². The number of nitrogens with one attached hydrogen (secondary N) is 1. The third-order valence-corrected chi connectivity index (χ3v) is 6.87. The van der Waals surface area contributed by atoms with Gasteiger partial charge < -0.3 is 10.1 Å². The summed E-state index contributed by atoms with van der Waals surface area (Å²) in [4.78, 5) is 12.6. The van der Waals surface area contributed by atoms with Gasteiger partial charge in [0.2, 0.25) is 15.9 Å². The molecular formula is C20H20F4N2O4S. The second kappa shape index (κ2) is 8.83. The van der Waals surface area contributed by atoms with E-state index in [0.717, 1.165) is 6.07 Å². The average molecular weight is 460 g/mol. The Hall–Kier alpha value is -2.66. The van der Waals surface area contributed by atoms with Crippen LogP contribution in [-0.4, -0.2) is 38.8 Å². The van der Waals surface area contributed by atoms with Gasteiger partial charge in [-0.3, -0.25) is 4.79 Å². The summed E-state index contributed by atoms with van der Waals surface area (Å²) in [7, 11) is -2.40. The van der Waals surface area contributed by atoms with E-state index in [-0.39, 0.29) is 23.7 Å². The number of alkyl halides is 3. The fraction of sp³-hybridized carbons (Fsp3) is 0.350. The molecule has 1 fully saturated rings. The number of amides is 1.